The van der Waals surface area contributed by atoms with Crippen LogP contribution in [-0.4, -0.2) is 66.4 Å². The molecule has 7 nitrogen and oxygen atoms in total. The van der Waals surface area contributed by atoms with Crippen LogP contribution in [0, 0.1) is 0 Å². The number of benzene rings is 1. The molecule has 0 aromatic heterocycles. The van der Waals surface area contributed by atoms with Crippen molar-refractivity contribution < 1.29 is 24.2 Å². The molecule has 27 heavy (non-hydrogen) atoms. The van der Waals surface area contributed by atoms with Gasteiger partial charge < -0.3 is 14.6 Å². The zero-order valence-electron chi connectivity index (χ0n) is 16.4. The van der Waals surface area contributed by atoms with Crippen LogP contribution in [0.25, 0.3) is 0 Å². The first-order valence-corrected chi connectivity index (χ1v) is 9.29. The van der Waals surface area contributed by atoms with Gasteiger partial charge in [0.2, 0.25) is 0 Å². The molecular formula is C20H30N2O5. The molecule has 0 bridgehead atoms. The van der Waals surface area contributed by atoms with Crippen LogP contribution in [0.5, 0.6) is 0 Å². The van der Waals surface area contributed by atoms with Crippen molar-refractivity contribution in [2.24, 2.45) is 0 Å². The maximum Gasteiger partial charge on any atom is 0.321 e. The van der Waals surface area contributed by atoms with Crippen LogP contribution >= 0.6 is 0 Å². The average molecular weight is 378 g/mol. The number of esters is 1. The second kappa shape index (κ2) is 9.82. The van der Waals surface area contributed by atoms with Gasteiger partial charge in [0.05, 0.1) is 19.8 Å². The molecule has 1 aromatic rings. The summed E-state index contributed by atoms with van der Waals surface area (Å²) in [5.41, 5.74) is 1.51. The lowest BCUT2D eigenvalue weighted by molar-refractivity contribution is -0.154. The van der Waals surface area contributed by atoms with Crippen molar-refractivity contribution >= 4 is 11.9 Å². The molecule has 0 aliphatic carbocycles. The standard InChI is InChI=1S/C20H30N2O5/c1-20(2,3)27-18(23)13-21-17(19(24)25)12-15-4-6-16(7-5-15)14-22-8-10-26-11-9-22/h4-7,17,21H,8-14H2,1-3H3,(H,24,25)/t17-/m0/s1. The maximum absolute atomic E-state index is 11.8. The predicted octanol–water partition coefficient (Wildman–Crippen LogP) is 1.45. The molecule has 2 rings (SSSR count). The quantitative estimate of drug-likeness (QED) is 0.662. The van der Waals surface area contributed by atoms with Crippen LogP contribution in [-0.2, 0) is 32.0 Å². The molecule has 0 unspecified atom stereocenters. The van der Waals surface area contributed by atoms with Gasteiger partial charge in [0.1, 0.15) is 11.6 Å². The van der Waals surface area contributed by atoms with Crippen molar-refractivity contribution in [3.8, 4) is 0 Å². The lowest BCUT2D eigenvalue weighted by Crippen LogP contribution is -2.42. The Morgan fingerprint density at radius 2 is 1.78 bits per heavy atom. The second-order valence-corrected chi connectivity index (χ2v) is 7.77. The summed E-state index contributed by atoms with van der Waals surface area (Å²) >= 11 is 0. The smallest absolute Gasteiger partial charge is 0.321 e. The van der Waals surface area contributed by atoms with Gasteiger partial charge in [-0.05, 0) is 38.3 Å². The minimum atomic E-state index is -0.990. The first kappa shape index (κ1) is 21.3. The lowest BCUT2D eigenvalue weighted by atomic mass is 10.0. The Balaban J connectivity index is 1.86. The van der Waals surface area contributed by atoms with Gasteiger partial charge >= 0.3 is 11.9 Å². The van der Waals surface area contributed by atoms with Gasteiger partial charge in [-0.2, -0.15) is 0 Å². The highest BCUT2D eigenvalue weighted by molar-refractivity contribution is 5.76. The summed E-state index contributed by atoms with van der Waals surface area (Å²) in [4.78, 5) is 25.6. The van der Waals surface area contributed by atoms with E-state index in [1.54, 1.807) is 20.8 Å². The topological polar surface area (TPSA) is 88.1 Å². The van der Waals surface area contributed by atoms with E-state index in [2.05, 4.69) is 10.2 Å². The molecule has 2 N–H and O–H groups in total. The molecule has 1 atom stereocenters. The Kier molecular flexibility index (Phi) is 7.77. The third-order valence-corrected chi connectivity index (χ3v) is 4.18. The highest BCUT2D eigenvalue weighted by atomic mass is 16.6. The van der Waals surface area contributed by atoms with E-state index in [1.165, 1.54) is 5.56 Å². The summed E-state index contributed by atoms with van der Waals surface area (Å²) in [7, 11) is 0. The Hall–Kier alpha value is -1.96. The minimum Gasteiger partial charge on any atom is -0.480 e. The van der Waals surface area contributed by atoms with Gasteiger partial charge in [-0.15, -0.1) is 0 Å². The number of hydrogen-bond donors (Lipinski definition) is 2. The molecule has 1 aromatic carbocycles. The zero-order chi connectivity index (χ0) is 19.9. The fourth-order valence-corrected chi connectivity index (χ4v) is 2.86. The molecule has 1 fully saturated rings. The third-order valence-electron chi connectivity index (χ3n) is 4.18. The monoisotopic (exact) mass is 378 g/mol. The highest BCUT2D eigenvalue weighted by Gasteiger charge is 2.21. The number of carboxylic acids is 1. The van der Waals surface area contributed by atoms with Crippen molar-refractivity contribution in [3.63, 3.8) is 0 Å². The summed E-state index contributed by atoms with van der Waals surface area (Å²) in [5, 5.41) is 12.2. The molecule has 1 saturated heterocycles. The van der Waals surface area contributed by atoms with E-state index in [0.717, 1.165) is 38.4 Å². The normalized spacial score (nSPS) is 16.7. The molecule has 0 radical (unpaired) electrons. The number of morpholine rings is 1. The van der Waals surface area contributed by atoms with E-state index in [0.29, 0.717) is 6.42 Å². The number of nitrogens with zero attached hydrogens (tertiary/aromatic N) is 1. The number of carbonyl (C=O) groups excluding carboxylic acids is 1. The van der Waals surface area contributed by atoms with Crippen LogP contribution in [0.4, 0.5) is 0 Å². The van der Waals surface area contributed by atoms with Gasteiger partial charge in [0, 0.05) is 19.6 Å². The van der Waals surface area contributed by atoms with E-state index in [-0.39, 0.29) is 6.54 Å². The van der Waals surface area contributed by atoms with Gasteiger partial charge in [0.25, 0.3) is 0 Å². The number of aliphatic carboxylic acids is 1. The van der Waals surface area contributed by atoms with Crippen molar-refractivity contribution in [2.45, 2.75) is 45.4 Å². The summed E-state index contributed by atoms with van der Waals surface area (Å²) < 4.78 is 10.5. The van der Waals surface area contributed by atoms with Crippen LogP contribution in [0.2, 0.25) is 0 Å². The SMILES string of the molecule is CC(C)(C)OC(=O)CN[C@@H](Cc1ccc(CN2CCOCC2)cc1)C(=O)O. The summed E-state index contributed by atoms with van der Waals surface area (Å²) in [6.07, 6.45) is 0.302. The van der Waals surface area contributed by atoms with E-state index in [4.69, 9.17) is 9.47 Å². The Bertz CT molecular complexity index is 618. The molecule has 1 aliphatic heterocycles. The summed E-state index contributed by atoms with van der Waals surface area (Å²) in [6, 6.07) is 7.10. The number of rotatable bonds is 8. The van der Waals surface area contributed by atoms with Crippen molar-refractivity contribution in [2.75, 3.05) is 32.8 Å². The van der Waals surface area contributed by atoms with Crippen molar-refractivity contribution in [1.29, 1.82) is 0 Å². The van der Waals surface area contributed by atoms with Crippen LogP contribution in [0.1, 0.15) is 31.9 Å². The molecule has 1 heterocycles. The third kappa shape index (κ3) is 8.07. The molecule has 7 heteroatoms. The van der Waals surface area contributed by atoms with Gasteiger partial charge in [0.15, 0.2) is 0 Å². The number of ether oxygens (including phenoxy) is 2. The number of carboxylic acid groups (broad SMARTS) is 1. The van der Waals surface area contributed by atoms with Gasteiger partial charge in [-0.25, -0.2) is 0 Å². The fourth-order valence-electron chi connectivity index (χ4n) is 2.86. The van der Waals surface area contributed by atoms with E-state index >= 15 is 0 Å². The van der Waals surface area contributed by atoms with Crippen molar-refractivity contribution in [1.82, 2.24) is 10.2 Å². The van der Waals surface area contributed by atoms with E-state index in [9.17, 15) is 14.7 Å². The summed E-state index contributed by atoms with van der Waals surface area (Å²) in [5.74, 6) is -1.45. The first-order valence-electron chi connectivity index (χ1n) is 9.29. The molecule has 150 valence electrons. The van der Waals surface area contributed by atoms with E-state index in [1.807, 2.05) is 24.3 Å². The Morgan fingerprint density at radius 1 is 1.19 bits per heavy atom. The number of carbonyl (C=O) groups is 2. The molecule has 1 aliphatic rings. The molecular weight excluding hydrogens is 348 g/mol. The largest absolute Gasteiger partial charge is 0.480 e. The maximum atomic E-state index is 11.8. The Morgan fingerprint density at radius 3 is 2.33 bits per heavy atom. The number of nitrogens with one attached hydrogen (secondary N) is 1. The molecule has 0 spiro atoms. The highest BCUT2D eigenvalue weighted by Crippen LogP contribution is 2.11. The average Bonchev–Trinajstić information content (AvgIpc) is 2.59. The van der Waals surface area contributed by atoms with Crippen LogP contribution < -0.4 is 5.32 Å². The Labute approximate surface area is 160 Å². The fraction of sp³-hybridized carbons (Fsp3) is 0.600. The first-order chi connectivity index (χ1) is 12.7. The van der Waals surface area contributed by atoms with Crippen LogP contribution in [0.3, 0.4) is 0 Å². The zero-order valence-corrected chi connectivity index (χ0v) is 16.4. The second-order valence-electron chi connectivity index (χ2n) is 7.77. The van der Waals surface area contributed by atoms with Crippen LogP contribution in [0.15, 0.2) is 24.3 Å². The minimum absolute atomic E-state index is 0.136. The van der Waals surface area contributed by atoms with Gasteiger partial charge in [-0.1, -0.05) is 24.3 Å². The lowest BCUT2D eigenvalue weighted by Gasteiger charge is -2.26. The molecule has 0 saturated carbocycles. The number of hydrogen-bond acceptors (Lipinski definition) is 6. The van der Waals surface area contributed by atoms with Crippen molar-refractivity contribution in [3.05, 3.63) is 35.4 Å². The van der Waals surface area contributed by atoms with E-state index < -0.39 is 23.6 Å². The summed E-state index contributed by atoms with van der Waals surface area (Å²) in [6.45, 7) is 9.44. The molecule has 0 amide bonds. The predicted molar refractivity (Wildman–Crippen MR) is 102 cm³/mol. The van der Waals surface area contributed by atoms with Gasteiger partial charge in [-0.3, -0.25) is 19.8 Å².